The van der Waals surface area contributed by atoms with Crippen LogP contribution in [0.25, 0.3) is 0 Å². The quantitative estimate of drug-likeness (QED) is 0.652. The van der Waals surface area contributed by atoms with E-state index in [9.17, 15) is 14.7 Å². The lowest BCUT2D eigenvalue weighted by molar-refractivity contribution is -0.144. The van der Waals surface area contributed by atoms with Crippen molar-refractivity contribution >= 4 is 29.1 Å². The van der Waals surface area contributed by atoms with Crippen molar-refractivity contribution < 1.29 is 14.7 Å². The van der Waals surface area contributed by atoms with Crippen molar-refractivity contribution in [3.63, 3.8) is 0 Å². The van der Waals surface area contributed by atoms with Crippen LogP contribution >= 0.6 is 11.6 Å². The van der Waals surface area contributed by atoms with Gasteiger partial charge in [0.05, 0.1) is 5.69 Å². The summed E-state index contributed by atoms with van der Waals surface area (Å²) >= 11 is 5.81. The zero-order chi connectivity index (χ0) is 15.4. The van der Waals surface area contributed by atoms with Crippen LogP contribution in [0.2, 0.25) is 5.02 Å². The topological polar surface area (TPSA) is 69.6 Å². The standard InChI is InChI=1S/C15H19ClN2O3/c1-18(11-5-3-2-4-6-11)15(21)14(20)17-12-9-10(16)7-8-13(12)19/h7-9,11,19H,2-6H2,1H3,(H,17,20). The van der Waals surface area contributed by atoms with Gasteiger partial charge >= 0.3 is 11.8 Å². The molecule has 5 nitrogen and oxygen atoms in total. The van der Waals surface area contributed by atoms with E-state index in [1.54, 1.807) is 7.05 Å². The molecule has 1 aromatic carbocycles. The van der Waals surface area contributed by atoms with E-state index in [0.29, 0.717) is 5.02 Å². The Morgan fingerprint density at radius 1 is 1.29 bits per heavy atom. The van der Waals surface area contributed by atoms with E-state index < -0.39 is 11.8 Å². The van der Waals surface area contributed by atoms with Crippen molar-refractivity contribution in [2.75, 3.05) is 12.4 Å². The summed E-state index contributed by atoms with van der Waals surface area (Å²) in [5.41, 5.74) is 0.137. The van der Waals surface area contributed by atoms with E-state index in [1.807, 2.05) is 0 Å². The third-order valence-corrected chi connectivity index (χ3v) is 4.08. The Labute approximate surface area is 128 Å². The van der Waals surface area contributed by atoms with Gasteiger partial charge in [-0.25, -0.2) is 0 Å². The maximum absolute atomic E-state index is 12.1. The number of nitrogens with zero attached hydrogens (tertiary/aromatic N) is 1. The molecular formula is C15H19ClN2O3. The molecule has 0 radical (unpaired) electrons. The molecule has 0 spiro atoms. The summed E-state index contributed by atoms with van der Waals surface area (Å²) in [7, 11) is 1.65. The second-order valence-corrected chi connectivity index (χ2v) is 5.76. The summed E-state index contributed by atoms with van der Waals surface area (Å²) in [6.07, 6.45) is 5.20. The predicted molar refractivity (Wildman–Crippen MR) is 81.4 cm³/mol. The number of benzene rings is 1. The smallest absolute Gasteiger partial charge is 0.314 e. The minimum absolute atomic E-state index is 0.116. The van der Waals surface area contributed by atoms with Crippen LogP contribution in [0.15, 0.2) is 18.2 Å². The van der Waals surface area contributed by atoms with Crippen molar-refractivity contribution in [3.8, 4) is 5.75 Å². The van der Waals surface area contributed by atoms with Crippen LogP contribution in [0, 0.1) is 0 Å². The van der Waals surface area contributed by atoms with Crippen molar-refractivity contribution in [3.05, 3.63) is 23.2 Å². The minimum atomic E-state index is -0.763. The number of phenols is 1. The largest absolute Gasteiger partial charge is 0.506 e. The third-order valence-electron chi connectivity index (χ3n) is 3.84. The minimum Gasteiger partial charge on any atom is -0.506 e. The molecule has 2 N–H and O–H groups in total. The van der Waals surface area contributed by atoms with Gasteiger partial charge in [0.25, 0.3) is 0 Å². The SMILES string of the molecule is CN(C(=O)C(=O)Nc1cc(Cl)ccc1O)C1CCCCC1. The number of hydrogen-bond donors (Lipinski definition) is 2. The normalized spacial score (nSPS) is 15.5. The first-order valence-corrected chi connectivity index (χ1v) is 7.43. The molecule has 0 aromatic heterocycles. The first-order valence-electron chi connectivity index (χ1n) is 7.05. The molecule has 21 heavy (non-hydrogen) atoms. The molecule has 1 fully saturated rings. The molecular weight excluding hydrogens is 292 g/mol. The Morgan fingerprint density at radius 3 is 2.62 bits per heavy atom. The van der Waals surface area contributed by atoms with E-state index in [0.717, 1.165) is 25.7 Å². The summed E-state index contributed by atoms with van der Waals surface area (Å²) in [5, 5.41) is 12.4. The molecule has 2 amide bonds. The summed E-state index contributed by atoms with van der Waals surface area (Å²) in [4.78, 5) is 25.6. The van der Waals surface area contributed by atoms with Gasteiger partial charge in [-0.15, -0.1) is 0 Å². The van der Waals surface area contributed by atoms with Gasteiger partial charge in [0.1, 0.15) is 5.75 Å². The maximum Gasteiger partial charge on any atom is 0.314 e. The Kier molecular flexibility index (Phi) is 5.07. The first-order chi connectivity index (χ1) is 9.99. The number of carbonyl (C=O) groups is 2. The Bertz CT molecular complexity index is 542. The Morgan fingerprint density at radius 2 is 1.95 bits per heavy atom. The highest BCUT2D eigenvalue weighted by molar-refractivity contribution is 6.40. The fourth-order valence-corrected chi connectivity index (χ4v) is 2.75. The number of amides is 2. The Balaban J connectivity index is 2.01. The molecule has 6 heteroatoms. The summed E-state index contributed by atoms with van der Waals surface area (Å²) < 4.78 is 0. The lowest BCUT2D eigenvalue weighted by atomic mass is 9.94. The highest BCUT2D eigenvalue weighted by atomic mass is 35.5. The number of likely N-dealkylation sites (N-methyl/N-ethyl adjacent to an activating group) is 1. The maximum atomic E-state index is 12.1. The number of rotatable bonds is 2. The van der Waals surface area contributed by atoms with Gasteiger partial charge in [-0.05, 0) is 31.0 Å². The van der Waals surface area contributed by atoms with Gasteiger partial charge in [-0.2, -0.15) is 0 Å². The number of carbonyl (C=O) groups excluding carboxylic acids is 2. The molecule has 0 unspecified atom stereocenters. The van der Waals surface area contributed by atoms with E-state index in [1.165, 1.54) is 29.5 Å². The van der Waals surface area contributed by atoms with Gasteiger partial charge in [-0.1, -0.05) is 30.9 Å². The number of phenolic OH excluding ortho intramolecular Hbond substituents is 1. The molecule has 0 atom stereocenters. The van der Waals surface area contributed by atoms with Crippen LogP contribution in [0.4, 0.5) is 5.69 Å². The second-order valence-electron chi connectivity index (χ2n) is 5.32. The average molecular weight is 311 g/mol. The van der Waals surface area contributed by atoms with E-state index in [-0.39, 0.29) is 17.5 Å². The molecule has 0 bridgehead atoms. The monoisotopic (exact) mass is 310 g/mol. The number of halogens is 1. The molecule has 1 saturated carbocycles. The van der Waals surface area contributed by atoms with Crippen LogP contribution in [-0.4, -0.2) is 34.9 Å². The number of nitrogens with one attached hydrogen (secondary N) is 1. The summed E-state index contributed by atoms with van der Waals surface area (Å²) in [6.45, 7) is 0. The second kappa shape index (κ2) is 6.80. The average Bonchev–Trinajstić information content (AvgIpc) is 2.50. The van der Waals surface area contributed by atoms with Crippen LogP contribution < -0.4 is 5.32 Å². The van der Waals surface area contributed by atoms with Gasteiger partial charge in [0.2, 0.25) is 0 Å². The van der Waals surface area contributed by atoms with Gasteiger partial charge < -0.3 is 15.3 Å². The van der Waals surface area contributed by atoms with Crippen LogP contribution in [-0.2, 0) is 9.59 Å². The van der Waals surface area contributed by atoms with Gasteiger partial charge in [0.15, 0.2) is 0 Å². The zero-order valence-corrected chi connectivity index (χ0v) is 12.7. The van der Waals surface area contributed by atoms with E-state index >= 15 is 0 Å². The van der Waals surface area contributed by atoms with Crippen LogP contribution in [0.3, 0.4) is 0 Å². The highest BCUT2D eigenvalue weighted by Crippen LogP contribution is 2.27. The lowest BCUT2D eigenvalue weighted by Gasteiger charge is -2.30. The number of hydrogen-bond acceptors (Lipinski definition) is 3. The van der Waals surface area contributed by atoms with Crippen molar-refractivity contribution in [2.24, 2.45) is 0 Å². The summed E-state index contributed by atoms with van der Waals surface area (Å²) in [5.74, 6) is -1.48. The molecule has 1 aromatic rings. The lowest BCUT2D eigenvalue weighted by Crippen LogP contribution is -2.44. The van der Waals surface area contributed by atoms with E-state index in [4.69, 9.17) is 11.6 Å². The zero-order valence-electron chi connectivity index (χ0n) is 11.9. The molecule has 114 valence electrons. The van der Waals surface area contributed by atoms with Crippen molar-refractivity contribution in [1.29, 1.82) is 0 Å². The first kappa shape index (κ1) is 15.6. The Hall–Kier alpha value is -1.75. The molecule has 1 aliphatic rings. The molecule has 1 aliphatic carbocycles. The molecule has 0 aliphatic heterocycles. The number of anilines is 1. The molecule has 2 rings (SSSR count). The van der Waals surface area contributed by atoms with Crippen LogP contribution in [0.1, 0.15) is 32.1 Å². The molecule has 0 heterocycles. The van der Waals surface area contributed by atoms with Gasteiger partial charge in [0, 0.05) is 18.1 Å². The fourth-order valence-electron chi connectivity index (χ4n) is 2.58. The fraction of sp³-hybridized carbons (Fsp3) is 0.467. The number of aromatic hydroxyl groups is 1. The molecule has 0 saturated heterocycles. The highest BCUT2D eigenvalue weighted by Gasteiger charge is 2.27. The van der Waals surface area contributed by atoms with Gasteiger partial charge in [-0.3, -0.25) is 9.59 Å². The van der Waals surface area contributed by atoms with Crippen molar-refractivity contribution in [2.45, 2.75) is 38.1 Å². The predicted octanol–water partition coefficient (Wildman–Crippen LogP) is 2.78. The third kappa shape index (κ3) is 3.88. The van der Waals surface area contributed by atoms with E-state index in [2.05, 4.69) is 5.32 Å². The van der Waals surface area contributed by atoms with Crippen molar-refractivity contribution in [1.82, 2.24) is 4.90 Å². The van der Waals surface area contributed by atoms with Crippen LogP contribution in [0.5, 0.6) is 5.75 Å². The summed E-state index contributed by atoms with van der Waals surface area (Å²) in [6, 6.07) is 4.39.